The normalized spacial score (nSPS) is 22.3. The van der Waals surface area contributed by atoms with E-state index >= 15 is 0 Å². The minimum absolute atomic E-state index is 0.189. The number of aryl methyl sites for hydroxylation is 2. The van der Waals surface area contributed by atoms with Crippen LogP contribution in [0.2, 0.25) is 0 Å². The lowest BCUT2D eigenvalue weighted by molar-refractivity contribution is 0.439. The van der Waals surface area contributed by atoms with Crippen LogP contribution in [-0.2, 0) is 13.5 Å². The highest BCUT2D eigenvalue weighted by Gasteiger charge is 2.23. The second-order valence-electron chi connectivity index (χ2n) is 5.89. The second kappa shape index (κ2) is 5.31. The van der Waals surface area contributed by atoms with Gasteiger partial charge in [-0.05, 0) is 39.0 Å². The maximum Gasteiger partial charge on any atom is 0.130 e. The van der Waals surface area contributed by atoms with Crippen molar-refractivity contribution in [3.63, 3.8) is 0 Å². The van der Waals surface area contributed by atoms with E-state index in [0.717, 1.165) is 31.1 Å². The van der Waals surface area contributed by atoms with E-state index in [1.165, 1.54) is 24.2 Å². The fourth-order valence-electron chi connectivity index (χ4n) is 3.03. The maximum atomic E-state index is 5.97. The standard InChI is InChI=1S/C14H26N4/c1-10-6-5-7-18(9-10)14-13(8-11(2)15)12(3)16-17(14)4/h10-11H,5-9,15H2,1-4H3. The molecule has 2 rings (SSSR count). The highest BCUT2D eigenvalue weighted by molar-refractivity contribution is 5.51. The monoisotopic (exact) mass is 250 g/mol. The van der Waals surface area contributed by atoms with Crippen molar-refractivity contribution in [1.82, 2.24) is 9.78 Å². The van der Waals surface area contributed by atoms with Crippen molar-refractivity contribution in [3.8, 4) is 0 Å². The molecule has 0 bridgehead atoms. The molecule has 0 saturated carbocycles. The molecular formula is C14H26N4. The lowest BCUT2D eigenvalue weighted by Crippen LogP contribution is -2.36. The van der Waals surface area contributed by atoms with E-state index in [0.29, 0.717) is 0 Å². The third-order valence-corrected chi connectivity index (χ3v) is 3.80. The first-order chi connectivity index (χ1) is 8.49. The third-order valence-electron chi connectivity index (χ3n) is 3.80. The Morgan fingerprint density at radius 2 is 2.22 bits per heavy atom. The summed E-state index contributed by atoms with van der Waals surface area (Å²) in [7, 11) is 2.05. The summed E-state index contributed by atoms with van der Waals surface area (Å²) in [6.07, 6.45) is 3.54. The Bertz CT molecular complexity index is 408. The topological polar surface area (TPSA) is 47.1 Å². The van der Waals surface area contributed by atoms with Crippen molar-refractivity contribution in [3.05, 3.63) is 11.3 Å². The summed E-state index contributed by atoms with van der Waals surface area (Å²) in [5.74, 6) is 2.06. The van der Waals surface area contributed by atoms with E-state index in [9.17, 15) is 0 Å². The highest BCUT2D eigenvalue weighted by atomic mass is 15.4. The lowest BCUT2D eigenvalue weighted by atomic mass is 9.99. The second-order valence-corrected chi connectivity index (χ2v) is 5.89. The van der Waals surface area contributed by atoms with Gasteiger partial charge in [-0.1, -0.05) is 6.92 Å². The van der Waals surface area contributed by atoms with Gasteiger partial charge in [0.05, 0.1) is 5.69 Å². The third kappa shape index (κ3) is 2.69. The van der Waals surface area contributed by atoms with Crippen LogP contribution in [0.15, 0.2) is 0 Å². The van der Waals surface area contributed by atoms with Crippen LogP contribution >= 0.6 is 0 Å². The quantitative estimate of drug-likeness (QED) is 0.890. The van der Waals surface area contributed by atoms with Gasteiger partial charge in [0.1, 0.15) is 5.82 Å². The number of anilines is 1. The molecule has 1 saturated heterocycles. The van der Waals surface area contributed by atoms with Crippen molar-refractivity contribution < 1.29 is 0 Å². The molecule has 0 spiro atoms. The van der Waals surface area contributed by atoms with Crippen LogP contribution in [0.5, 0.6) is 0 Å². The zero-order valence-corrected chi connectivity index (χ0v) is 12.1. The SMILES string of the molecule is Cc1nn(C)c(N2CCCC(C)C2)c1CC(C)N. The zero-order chi connectivity index (χ0) is 13.3. The van der Waals surface area contributed by atoms with Crippen LogP contribution in [0.1, 0.15) is 37.9 Å². The minimum Gasteiger partial charge on any atom is -0.356 e. The number of piperidine rings is 1. The minimum atomic E-state index is 0.189. The van der Waals surface area contributed by atoms with E-state index in [1.807, 2.05) is 11.7 Å². The Kier molecular flexibility index (Phi) is 3.95. The average molecular weight is 250 g/mol. The van der Waals surface area contributed by atoms with Crippen molar-refractivity contribution >= 4 is 5.82 Å². The van der Waals surface area contributed by atoms with Crippen LogP contribution in [0.4, 0.5) is 5.82 Å². The number of aromatic nitrogens is 2. The molecule has 2 heterocycles. The molecule has 0 aliphatic carbocycles. The number of hydrogen-bond donors (Lipinski definition) is 1. The summed E-state index contributed by atoms with van der Waals surface area (Å²) in [5.41, 5.74) is 8.44. The van der Waals surface area contributed by atoms with Gasteiger partial charge >= 0.3 is 0 Å². The molecule has 1 aliphatic rings. The van der Waals surface area contributed by atoms with Gasteiger partial charge in [0.25, 0.3) is 0 Å². The van der Waals surface area contributed by atoms with Crippen molar-refractivity contribution in [2.45, 2.75) is 46.1 Å². The Balaban J connectivity index is 2.30. The maximum absolute atomic E-state index is 5.97. The average Bonchev–Trinajstić information content (AvgIpc) is 2.53. The summed E-state index contributed by atoms with van der Waals surface area (Å²) in [6, 6.07) is 0.189. The van der Waals surface area contributed by atoms with E-state index in [1.54, 1.807) is 0 Å². The first kappa shape index (κ1) is 13.4. The van der Waals surface area contributed by atoms with Crippen molar-refractivity contribution in [2.24, 2.45) is 18.7 Å². The first-order valence-corrected chi connectivity index (χ1v) is 7.02. The smallest absolute Gasteiger partial charge is 0.130 e. The van der Waals surface area contributed by atoms with Crippen LogP contribution in [-0.4, -0.2) is 28.9 Å². The molecule has 2 unspecified atom stereocenters. The Morgan fingerprint density at radius 3 is 2.83 bits per heavy atom. The molecule has 1 fully saturated rings. The van der Waals surface area contributed by atoms with Gasteiger partial charge in [0.15, 0.2) is 0 Å². The molecule has 1 aromatic rings. The molecule has 18 heavy (non-hydrogen) atoms. The van der Waals surface area contributed by atoms with Crippen LogP contribution in [0.25, 0.3) is 0 Å². The fourth-order valence-corrected chi connectivity index (χ4v) is 3.03. The summed E-state index contributed by atoms with van der Waals surface area (Å²) >= 11 is 0. The Hall–Kier alpha value is -1.03. The summed E-state index contributed by atoms with van der Waals surface area (Å²) in [4.78, 5) is 2.49. The van der Waals surface area contributed by atoms with Gasteiger partial charge in [-0.3, -0.25) is 4.68 Å². The van der Waals surface area contributed by atoms with Crippen LogP contribution < -0.4 is 10.6 Å². The van der Waals surface area contributed by atoms with Gasteiger partial charge in [-0.15, -0.1) is 0 Å². The number of nitrogens with two attached hydrogens (primary N) is 1. The van der Waals surface area contributed by atoms with E-state index in [-0.39, 0.29) is 6.04 Å². The van der Waals surface area contributed by atoms with Crippen molar-refractivity contribution in [2.75, 3.05) is 18.0 Å². The number of nitrogens with zero attached hydrogens (tertiary/aromatic N) is 3. The van der Waals surface area contributed by atoms with E-state index in [4.69, 9.17) is 5.73 Å². The van der Waals surface area contributed by atoms with E-state index in [2.05, 4.69) is 30.8 Å². The van der Waals surface area contributed by atoms with Gasteiger partial charge in [-0.2, -0.15) is 5.10 Å². The highest BCUT2D eigenvalue weighted by Crippen LogP contribution is 2.28. The fraction of sp³-hybridized carbons (Fsp3) is 0.786. The molecule has 1 aromatic heterocycles. The lowest BCUT2D eigenvalue weighted by Gasteiger charge is -2.33. The van der Waals surface area contributed by atoms with Crippen LogP contribution in [0.3, 0.4) is 0 Å². The first-order valence-electron chi connectivity index (χ1n) is 7.02. The number of rotatable bonds is 3. The predicted molar refractivity (Wildman–Crippen MR) is 75.9 cm³/mol. The number of hydrogen-bond acceptors (Lipinski definition) is 3. The van der Waals surface area contributed by atoms with Crippen LogP contribution in [0, 0.1) is 12.8 Å². The Labute approximate surface area is 110 Å². The van der Waals surface area contributed by atoms with Gasteiger partial charge in [0, 0.05) is 31.7 Å². The van der Waals surface area contributed by atoms with Gasteiger partial charge in [0.2, 0.25) is 0 Å². The molecule has 0 amide bonds. The molecule has 2 N–H and O–H groups in total. The van der Waals surface area contributed by atoms with Gasteiger partial charge in [-0.25, -0.2) is 0 Å². The zero-order valence-electron chi connectivity index (χ0n) is 12.1. The van der Waals surface area contributed by atoms with Crippen molar-refractivity contribution in [1.29, 1.82) is 0 Å². The molecule has 4 nitrogen and oxygen atoms in total. The largest absolute Gasteiger partial charge is 0.356 e. The molecule has 4 heteroatoms. The Morgan fingerprint density at radius 1 is 1.50 bits per heavy atom. The molecule has 1 aliphatic heterocycles. The predicted octanol–water partition coefficient (Wildman–Crippen LogP) is 1.85. The molecule has 2 atom stereocenters. The molecule has 102 valence electrons. The molecule has 0 aromatic carbocycles. The summed E-state index contributed by atoms with van der Waals surface area (Å²) in [5, 5.41) is 4.58. The van der Waals surface area contributed by atoms with Gasteiger partial charge < -0.3 is 10.6 Å². The molecule has 0 radical (unpaired) electrons. The van der Waals surface area contributed by atoms with E-state index < -0.39 is 0 Å². The summed E-state index contributed by atoms with van der Waals surface area (Å²) < 4.78 is 2.03. The summed E-state index contributed by atoms with van der Waals surface area (Å²) in [6.45, 7) is 8.78. The molecular weight excluding hydrogens is 224 g/mol.